The molecular formula is C20H25N3O3S. The van der Waals surface area contributed by atoms with E-state index in [1.165, 1.54) is 16.4 Å². The van der Waals surface area contributed by atoms with E-state index in [4.69, 9.17) is 0 Å². The van der Waals surface area contributed by atoms with Gasteiger partial charge in [-0.1, -0.05) is 24.3 Å². The van der Waals surface area contributed by atoms with Gasteiger partial charge in [0.1, 0.15) is 0 Å². The molecule has 0 aliphatic carbocycles. The molecule has 0 saturated carbocycles. The monoisotopic (exact) mass is 387 g/mol. The lowest BCUT2D eigenvalue weighted by Gasteiger charge is -2.25. The summed E-state index contributed by atoms with van der Waals surface area (Å²) in [6.45, 7) is 3.75. The van der Waals surface area contributed by atoms with Gasteiger partial charge in [-0.05, 0) is 50.2 Å². The van der Waals surface area contributed by atoms with E-state index in [0.717, 1.165) is 19.5 Å². The summed E-state index contributed by atoms with van der Waals surface area (Å²) in [4.78, 5) is 14.6. The smallest absolute Gasteiger partial charge is 0.264 e. The van der Waals surface area contributed by atoms with Gasteiger partial charge < -0.3 is 10.2 Å². The first-order valence-electron chi connectivity index (χ1n) is 9.11. The number of hydrogen-bond acceptors (Lipinski definition) is 4. The second-order valence-electron chi connectivity index (χ2n) is 6.60. The fourth-order valence-electron chi connectivity index (χ4n) is 3.34. The Morgan fingerprint density at radius 3 is 2.52 bits per heavy atom. The van der Waals surface area contributed by atoms with Crippen molar-refractivity contribution < 1.29 is 13.2 Å². The number of anilines is 1. The second-order valence-corrected chi connectivity index (χ2v) is 8.46. The summed E-state index contributed by atoms with van der Waals surface area (Å²) in [6, 6.07) is 15.4. The lowest BCUT2D eigenvalue weighted by molar-refractivity contribution is 0.0743. The highest BCUT2D eigenvalue weighted by atomic mass is 32.2. The molecule has 1 N–H and O–H groups in total. The maximum Gasteiger partial charge on any atom is 0.264 e. The van der Waals surface area contributed by atoms with Gasteiger partial charge >= 0.3 is 0 Å². The van der Waals surface area contributed by atoms with Crippen molar-refractivity contribution in [1.82, 2.24) is 10.2 Å². The zero-order valence-electron chi connectivity index (χ0n) is 15.6. The van der Waals surface area contributed by atoms with Crippen LogP contribution in [0.25, 0.3) is 0 Å². The summed E-state index contributed by atoms with van der Waals surface area (Å²) in [5.74, 6) is -0.163. The van der Waals surface area contributed by atoms with Crippen molar-refractivity contribution in [2.45, 2.75) is 24.3 Å². The number of carbonyl (C=O) groups excluding carboxylic acids is 1. The molecule has 144 valence electrons. The maximum absolute atomic E-state index is 13.2. The molecule has 1 heterocycles. The van der Waals surface area contributed by atoms with E-state index in [-0.39, 0.29) is 16.8 Å². The molecule has 0 radical (unpaired) electrons. The molecule has 1 amide bonds. The summed E-state index contributed by atoms with van der Waals surface area (Å²) in [5, 5.41) is 3.24. The van der Waals surface area contributed by atoms with E-state index in [1.54, 1.807) is 55.3 Å². The zero-order valence-corrected chi connectivity index (χ0v) is 16.4. The summed E-state index contributed by atoms with van der Waals surface area (Å²) in [7, 11) is -1.99. The Morgan fingerprint density at radius 1 is 1.15 bits per heavy atom. The Hall–Kier alpha value is -2.38. The van der Waals surface area contributed by atoms with Crippen molar-refractivity contribution in [2.24, 2.45) is 0 Å². The molecule has 3 rings (SSSR count). The number of benzene rings is 2. The summed E-state index contributed by atoms with van der Waals surface area (Å²) in [6.07, 6.45) is 0.901. The van der Waals surface area contributed by atoms with E-state index < -0.39 is 10.0 Å². The molecule has 7 heteroatoms. The quantitative estimate of drug-likeness (QED) is 0.826. The van der Waals surface area contributed by atoms with Crippen LogP contribution in [0.3, 0.4) is 0 Å². The molecule has 6 nitrogen and oxygen atoms in total. The van der Waals surface area contributed by atoms with E-state index >= 15 is 0 Å². The van der Waals surface area contributed by atoms with Gasteiger partial charge in [-0.15, -0.1) is 0 Å². The number of carbonyl (C=O) groups is 1. The van der Waals surface area contributed by atoms with Gasteiger partial charge in [0.25, 0.3) is 15.9 Å². The van der Waals surface area contributed by atoms with Crippen molar-refractivity contribution >= 4 is 21.6 Å². The van der Waals surface area contributed by atoms with Crippen LogP contribution in [0.4, 0.5) is 5.69 Å². The number of sulfonamides is 1. The molecule has 0 spiro atoms. The fraction of sp³-hybridized carbons (Fsp3) is 0.350. The summed E-state index contributed by atoms with van der Waals surface area (Å²) < 4.78 is 27.7. The molecule has 0 aromatic heterocycles. The first-order valence-corrected chi connectivity index (χ1v) is 10.5. The van der Waals surface area contributed by atoms with Crippen LogP contribution in [0.5, 0.6) is 0 Å². The van der Waals surface area contributed by atoms with Gasteiger partial charge in [-0.25, -0.2) is 8.42 Å². The number of amides is 1. The van der Waals surface area contributed by atoms with Crippen molar-refractivity contribution in [3.8, 4) is 0 Å². The Labute approximate surface area is 160 Å². The minimum absolute atomic E-state index is 0.122. The third-order valence-electron chi connectivity index (χ3n) is 4.90. The maximum atomic E-state index is 13.2. The normalized spacial score (nSPS) is 16.9. The predicted molar refractivity (Wildman–Crippen MR) is 106 cm³/mol. The third-order valence-corrected chi connectivity index (χ3v) is 6.80. The standard InChI is InChI=1S/C20H25N3O3S/c1-3-23(17-9-5-4-6-10-17)27(25,26)19-11-7-8-16(14-19)20(24)22(2)18-12-13-21-15-18/h4-11,14,18,21H,3,12-13,15H2,1-2H3. The van der Waals surface area contributed by atoms with Gasteiger partial charge in [0.15, 0.2) is 0 Å². The van der Waals surface area contributed by atoms with Gasteiger partial charge in [-0.3, -0.25) is 9.10 Å². The molecule has 2 aromatic carbocycles. The average molecular weight is 388 g/mol. The highest BCUT2D eigenvalue weighted by molar-refractivity contribution is 7.92. The van der Waals surface area contributed by atoms with E-state index in [9.17, 15) is 13.2 Å². The van der Waals surface area contributed by atoms with Crippen LogP contribution >= 0.6 is 0 Å². The highest BCUT2D eigenvalue weighted by Crippen LogP contribution is 2.24. The summed E-state index contributed by atoms with van der Waals surface area (Å²) in [5.41, 5.74) is 0.987. The zero-order chi connectivity index (χ0) is 19.4. The van der Waals surface area contributed by atoms with E-state index in [1.807, 2.05) is 6.07 Å². The van der Waals surface area contributed by atoms with Crippen molar-refractivity contribution in [1.29, 1.82) is 0 Å². The van der Waals surface area contributed by atoms with E-state index in [2.05, 4.69) is 5.32 Å². The second kappa shape index (κ2) is 8.10. The largest absolute Gasteiger partial charge is 0.337 e. The van der Waals surface area contributed by atoms with Crippen LogP contribution in [0.2, 0.25) is 0 Å². The molecule has 0 bridgehead atoms. The molecular weight excluding hydrogens is 362 g/mol. The molecule has 2 aromatic rings. The first kappa shape index (κ1) is 19.4. The van der Waals surface area contributed by atoms with Crippen molar-refractivity contribution in [3.63, 3.8) is 0 Å². The average Bonchev–Trinajstić information content (AvgIpc) is 3.23. The minimum Gasteiger partial charge on any atom is -0.337 e. The molecule has 27 heavy (non-hydrogen) atoms. The molecule has 1 aliphatic heterocycles. The molecule has 1 aliphatic rings. The number of likely N-dealkylation sites (N-methyl/N-ethyl adjacent to an activating group) is 1. The molecule has 1 atom stereocenters. The first-order chi connectivity index (χ1) is 12.9. The Bertz CT molecular complexity index is 894. The predicted octanol–water partition coefficient (Wildman–Crippen LogP) is 2.34. The van der Waals surface area contributed by atoms with Crippen molar-refractivity contribution in [3.05, 3.63) is 60.2 Å². The molecule has 1 saturated heterocycles. The number of rotatable bonds is 6. The SMILES string of the molecule is CCN(c1ccccc1)S(=O)(=O)c1cccc(C(=O)N(C)C2CCNC2)c1. The Morgan fingerprint density at radius 2 is 1.89 bits per heavy atom. The number of nitrogens with one attached hydrogen (secondary N) is 1. The third kappa shape index (κ3) is 3.99. The van der Waals surface area contributed by atoms with Crippen LogP contribution in [0, 0.1) is 0 Å². The van der Waals surface area contributed by atoms with Gasteiger partial charge in [0.05, 0.1) is 10.6 Å². The Balaban J connectivity index is 1.90. The lowest BCUT2D eigenvalue weighted by atomic mass is 10.1. The molecule has 1 unspecified atom stereocenters. The van der Waals surface area contributed by atoms with Gasteiger partial charge in [-0.2, -0.15) is 0 Å². The minimum atomic E-state index is -3.75. The van der Waals surface area contributed by atoms with Gasteiger partial charge in [0, 0.05) is 31.7 Å². The highest BCUT2D eigenvalue weighted by Gasteiger charge is 2.27. The fourth-order valence-corrected chi connectivity index (χ4v) is 4.86. The van der Waals surface area contributed by atoms with Crippen LogP contribution in [-0.2, 0) is 10.0 Å². The Kier molecular flexibility index (Phi) is 5.82. The lowest BCUT2D eigenvalue weighted by Crippen LogP contribution is -2.38. The van der Waals surface area contributed by atoms with Gasteiger partial charge in [0.2, 0.25) is 0 Å². The molecule has 1 fully saturated rings. The number of hydrogen-bond donors (Lipinski definition) is 1. The van der Waals surface area contributed by atoms with Crippen LogP contribution in [0.1, 0.15) is 23.7 Å². The summed E-state index contributed by atoms with van der Waals surface area (Å²) >= 11 is 0. The number of nitrogens with zero attached hydrogens (tertiary/aromatic N) is 2. The van der Waals surface area contributed by atoms with Crippen molar-refractivity contribution in [2.75, 3.05) is 31.0 Å². The van der Waals surface area contributed by atoms with E-state index in [0.29, 0.717) is 17.8 Å². The van der Waals surface area contributed by atoms with Crippen LogP contribution in [0.15, 0.2) is 59.5 Å². The van der Waals surface area contributed by atoms with Crippen LogP contribution in [-0.4, -0.2) is 51.9 Å². The number of para-hydroxylation sites is 1. The van der Waals surface area contributed by atoms with Crippen LogP contribution < -0.4 is 9.62 Å². The topological polar surface area (TPSA) is 69.7 Å².